The molecule has 0 aromatic heterocycles. The van der Waals surface area contributed by atoms with Crippen LogP contribution in [-0.4, -0.2) is 43.7 Å². The second kappa shape index (κ2) is 5.99. The third kappa shape index (κ3) is 3.19. The highest BCUT2D eigenvalue weighted by Gasteiger charge is 2.27. The van der Waals surface area contributed by atoms with Crippen LogP contribution in [0.4, 0.5) is 0 Å². The molecule has 3 N–H and O–H groups in total. The third-order valence-electron chi connectivity index (χ3n) is 4.36. The Bertz CT molecular complexity index is 195. The predicted molar refractivity (Wildman–Crippen MR) is 68.4 cm³/mol. The van der Waals surface area contributed by atoms with E-state index in [0.29, 0.717) is 12.0 Å². The summed E-state index contributed by atoms with van der Waals surface area (Å²) < 4.78 is 0. The monoisotopic (exact) mass is 225 g/mol. The molecule has 3 heteroatoms. The maximum Gasteiger partial charge on any atom is 0.0107 e. The zero-order valence-electron chi connectivity index (χ0n) is 10.6. The summed E-state index contributed by atoms with van der Waals surface area (Å²) in [6.07, 6.45) is 5.54. The standard InChI is InChI=1S/C13H27N3/c1-11(10-16-8-6-15-7-9-16)13(14)12-4-2-3-5-12/h11-13,15H,2-10,14H2,1H3. The minimum atomic E-state index is 0.428. The minimum Gasteiger partial charge on any atom is -0.327 e. The second-order valence-electron chi connectivity index (χ2n) is 5.65. The van der Waals surface area contributed by atoms with E-state index < -0.39 is 0 Å². The summed E-state index contributed by atoms with van der Waals surface area (Å²) in [5.41, 5.74) is 6.40. The molecule has 1 saturated heterocycles. The summed E-state index contributed by atoms with van der Waals surface area (Å²) >= 11 is 0. The average molecular weight is 225 g/mol. The van der Waals surface area contributed by atoms with Crippen LogP contribution < -0.4 is 11.1 Å². The van der Waals surface area contributed by atoms with Crippen LogP contribution in [0.2, 0.25) is 0 Å². The normalized spacial score (nSPS) is 28.1. The maximum atomic E-state index is 6.40. The third-order valence-corrected chi connectivity index (χ3v) is 4.36. The highest BCUT2D eigenvalue weighted by atomic mass is 15.2. The van der Waals surface area contributed by atoms with E-state index in [1.807, 2.05) is 0 Å². The van der Waals surface area contributed by atoms with Crippen LogP contribution in [0, 0.1) is 11.8 Å². The van der Waals surface area contributed by atoms with Gasteiger partial charge in [-0.3, -0.25) is 0 Å². The minimum absolute atomic E-state index is 0.428. The fourth-order valence-corrected chi connectivity index (χ4v) is 3.23. The Hall–Kier alpha value is -0.120. The van der Waals surface area contributed by atoms with Gasteiger partial charge in [-0.1, -0.05) is 19.8 Å². The van der Waals surface area contributed by atoms with Crippen LogP contribution >= 0.6 is 0 Å². The van der Waals surface area contributed by atoms with Gasteiger partial charge in [-0.2, -0.15) is 0 Å². The molecule has 16 heavy (non-hydrogen) atoms. The SMILES string of the molecule is CC(CN1CCNCC1)C(N)C1CCCC1. The van der Waals surface area contributed by atoms with E-state index in [2.05, 4.69) is 17.1 Å². The molecule has 2 aliphatic rings. The molecule has 1 aliphatic heterocycles. The fraction of sp³-hybridized carbons (Fsp3) is 1.00. The summed E-state index contributed by atoms with van der Waals surface area (Å²) in [5, 5.41) is 3.40. The zero-order chi connectivity index (χ0) is 11.4. The van der Waals surface area contributed by atoms with Gasteiger partial charge < -0.3 is 16.0 Å². The van der Waals surface area contributed by atoms with E-state index in [0.717, 1.165) is 19.0 Å². The molecule has 0 aromatic carbocycles. The molecular weight excluding hydrogens is 198 g/mol. The van der Waals surface area contributed by atoms with Gasteiger partial charge in [0.15, 0.2) is 0 Å². The molecule has 94 valence electrons. The lowest BCUT2D eigenvalue weighted by Crippen LogP contribution is -2.48. The second-order valence-corrected chi connectivity index (χ2v) is 5.65. The average Bonchev–Trinajstić information content (AvgIpc) is 2.83. The lowest BCUT2D eigenvalue weighted by atomic mass is 9.88. The van der Waals surface area contributed by atoms with Crippen LogP contribution in [0.3, 0.4) is 0 Å². The Kier molecular flexibility index (Phi) is 4.62. The summed E-state index contributed by atoms with van der Waals surface area (Å²) in [5.74, 6) is 1.46. The number of rotatable bonds is 4. The van der Waals surface area contributed by atoms with Crippen LogP contribution in [0.15, 0.2) is 0 Å². The molecule has 2 rings (SSSR count). The molecule has 2 fully saturated rings. The molecule has 3 nitrogen and oxygen atoms in total. The highest BCUT2D eigenvalue weighted by Crippen LogP contribution is 2.29. The van der Waals surface area contributed by atoms with Gasteiger partial charge in [-0.15, -0.1) is 0 Å². The van der Waals surface area contributed by atoms with Gasteiger partial charge in [0.2, 0.25) is 0 Å². The van der Waals surface area contributed by atoms with Crippen molar-refractivity contribution in [1.29, 1.82) is 0 Å². The molecule has 0 radical (unpaired) electrons. The number of hydrogen-bond acceptors (Lipinski definition) is 3. The van der Waals surface area contributed by atoms with Crippen LogP contribution in [-0.2, 0) is 0 Å². The van der Waals surface area contributed by atoms with Crippen molar-refractivity contribution in [3.8, 4) is 0 Å². The van der Waals surface area contributed by atoms with Gasteiger partial charge in [0.05, 0.1) is 0 Å². The van der Waals surface area contributed by atoms with E-state index in [1.54, 1.807) is 0 Å². The van der Waals surface area contributed by atoms with Gasteiger partial charge in [-0.05, 0) is 24.7 Å². The van der Waals surface area contributed by atoms with Crippen molar-refractivity contribution >= 4 is 0 Å². The molecule has 1 aliphatic carbocycles. The lowest BCUT2D eigenvalue weighted by Gasteiger charge is -2.33. The molecule has 0 amide bonds. The quantitative estimate of drug-likeness (QED) is 0.751. The molecule has 0 bridgehead atoms. The first-order valence-electron chi connectivity index (χ1n) is 6.96. The Labute approximate surface area is 99.8 Å². The lowest BCUT2D eigenvalue weighted by molar-refractivity contribution is 0.183. The number of nitrogens with one attached hydrogen (secondary N) is 1. The molecule has 2 atom stereocenters. The van der Waals surface area contributed by atoms with Gasteiger partial charge >= 0.3 is 0 Å². The van der Waals surface area contributed by atoms with E-state index >= 15 is 0 Å². The molecular formula is C13H27N3. The Morgan fingerprint density at radius 1 is 1.25 bits per heavy atom. The largest absolute Gasteiger partial charge is 0.327 e. The van der Waals surface area contributed by atoms with Crippen LogP contribution in [0.5, 0.6) is 0 Å². The van der Waals surface area contributed by atoms with Gasteiger partial charge in [-0.25, -0.2) is 0 Å². The Morgan fingerprint density at radius 2 is 1.88 bits per heavy atom. The smallest absolute Gasteiger partial charge is 0.0107 e. The fourth-order valence-electron chi connectivity index (χ4n) is 3.23. The topological polar surface area (TPSA) is 41.3 Å². The Balaban J connectivity index is 1.74. The van der Waals surface area contributed by atoms with E-state index in [-0.39, 0.29) is 0 Å². The molecule has 1 saturated carbocycles. The Morgan fingerprint density at radius 3 is 2.50 bits per heavy atom. The maximum absolute atomic E-state index is 6.40. The van der Waals surface area contributed by atoms with Crippen molar-refractivity contribution < 1.29 is 0 Å². The number of hydrogen-bond donors (Lipinski definition) is 2. The summed E-state index contributed by atoms with van der Waals surface area (Å²) in [6.45, 7) is 8.21. The number of nitrogens with zero attached hydrogens (tertiary/aromatic N) is 1. The molecule has 0 spiro atoms. The van der Waals surface area contributed by atoms with Gasteiger partial charge in [0.1, 0.15) is 0 Å². The first-order chi connectivity index (χ1) is 7.77. The first-order valence-corrected chi connectivity index (χ1v) is 6.96. The van der Waals surface area contributed by atoms with Gasteiger partial charge in [0, 0.05) is 38.8 Å². The summed E-state index contributed by atoms with van der Waals surface area (Å²) in [7, 11) is 0. The van der Waals surface area contributed by atoms with Crippen molar-refractivity contribution in [3.63, 3.8) is 0 Å². The summed E-state index contributed by atoms with van der Waals surface area (Å²) in [4.78, 5) is 2.57. The van der Waals surface area contributed by atoms with Crippen molar-refractivity contribution in [1.82, 2.24) is 10.2 Å². The van der Waals surface area contributed by atoms with E-state index in [4.69, 9.17) is 5.73 Å². The number of piperazine rings is 1. The molecule has 2 unspecified atom stereocenters. The predicted octanol–water partition coefficient (Wildman–Crippen LogP) is 1.05. The molecule has 1 heterocycles. The first kappa shape index (κ1) is 12.3. The van der Waals surface area contributed by atoms with Crippen molar-refractivity contribution in [2.45, 2.75) is 38.6 Å². The van der Waals surface area contributed by atoms with Crippen molar-refractivity contribution in [3.05, 3.63) is 0 Å². The summed E-state index contributed by atoms with van der Waals surface area (Å²) in [6, 6.07) is 0.428. The molecule has 0 aromatic rings. The van der Waals surface area contributed by atoms with Gasteiger partial charge in [0.25, 0.3) is 0 Å². The van der Waals surface area contributed by atoms with Crippen LogP contribution in [0.25, 0.3) is 0 Å². The van der Waals surface area contributed by atoms with E-state index in [9.17, 15) is 0 Å². The van der Waals surface area contributed by atoms with Crippen molar-refractivity contribution in [2.75, 3.05) is 32.7 Å². The number of nitrogens with two attached hydrogens (primary N) is 1. The van der Waals surface area contributed by atoms with Crippen molar-refractivity contribution in [2.24, 2.45) is 17.6 Å². The highest BCUT2D eigenvalue weighted by molar-refractivity contribution is 4.83. The zero-order valence-corrected chi connectivity index (χ0v) is 10.6. The van der Waals surface area contributed by atoms with Crippen LogP contribution in [0.1, 0.15) is 32.6 Å². The van der Waals surface area contributed by atoms with E-state index in [1.165, 1.54) is 45.3 Å².